The van der Waals surface area contributed by atoms with E-state index in [-0.39, 0.29) is 22.9 Å². The summed E-state index contributed by atoms with van der Waals surface area (Å²) in [6, 6.07) is 53.3. The normalized spacial score (nSPS) is 15.6. The maximum Gasteiger partial charge on any atom is 0.335 e. The van der Waals surface area contributed by atoms with Crippen LogP contribution in [0.3, 0.4) is 0 Å². The third-order valence-corrected chi connectivity index (χ3v) is 19.2. The van der Waals surface area contributed by atoms with Crippen LogP contribution in [0.25, 0.3) is 89.5 Å². The topological polar surface area (TPSA) is 277 Å². The molecule has 0 atom stereocenters. The Morgan fingerprint density at radius 3 is 1.08 bits per heavy atom. The number of carboxylic acid groups (broad SMARTS) is 2. The Hall–Kier alpha value is -10.6. The Balaban J connectivity index is 0.000000166. The molecule has 11 aromatic rings. The maximum atomic E-state index is 12.8. The van der Waals surface area contributed by atoms with Crippen molar-refractivity contribution in [2.75, 3.05) is 139 Å². The molecule has 3 aromatic heterocycles. The highest BCUT2D eigenvalue weighted by Crippen LogP contribution is 2.36. The van der Waals surface area contributed by atoms with E-state index in [1.807, 2.05) is 78.9 Å². The van der Waals surface area contributed by atoms with Gasteiger partial charge in [-0.15, -0.1) is 0 Å². The van der Waals surface area contributed by atoms with E-state index in [0.717, 1.165) is 185 Å². The highest BCUT2D eigenvalue weighted by molar-refractivity contribution is 6.07. The second-order valence-corrected chi connectivity index (χ2v) is 26.2. The number of benzene rings is 8. The van der Waals surface area contributed by atoms with Crippen molar-refractivity contribution >= 4 is 68.3 Å². The summed E-state index contributed by atoms with van der Waals surface area (Å²) in [4.78, 5) is 91.4. The Labute approximate surface area is 580 Å². The van der Waals surface area contributed by atoms with Gasteiger partial charge in [-0.3, -0.25) is 29.3 Å². The van der Waals surface area contributed by atoms with Gasteiger partial charge in [0.05, 0.1) is 55.6 Å². The zero-order valence-electron chi connectivity index (χ0n) is 56.7. The molecule has 8 aromatic carbocycles. The number of aliphatic imine (C=N–C) groups is 1. The molecule has 0 saturated carbocycles. The minimum atomic E-state index is -0.960. The van der Waals surface area contributed by atoms with Gasteiger partial charge in [0.2, 0.25) is 0 Å². The van der Waals surface area contributed by atoms with Crippen molar-refractivity contribution in [1.29, 1.82) is 0 Å². The first-order chi connectivity index (χ1) is 48.6. The van der Waals surface area contributed by atoms with Gasteiger partial charge in [0.25, 0.3) is 11.8 Å². The second-order valence-electron chi connectivity index (χ2n) is 26.2. The molecule has 512 valence electrons. The highest BCUT2D eigenvalue weighted by atomic mass is 16.4. The summed E-state index contributed by atoms with van der Waals surface area (Å²) in [7, 11) is 6.46. The van der Waals surface area contributed by atoms with E-state index in [1.54, 1.807) is 48.5 Å². The first kappa shape index (κ1) is 68.0. The number of aromatic amines is 3. The van der Waals surface area contributed by atoms with Crippen molar-refractivity contribution in [3.63, 3.8) is 0 Å². The molecular formula is C78H84N16O6. The van der Waals surface area contributed by atoms with Gasteiger partial charge in [-0.1, -0.05) is 78.9 Å². The fourth-order valence-electron chi connectivity index (χ4n) is 12.9. The number of carbonyl (C=O) groups is 4. The van der Waals surface area contributed by atoms with Gasteiger partial charge >= 0.3 is 11.9 Å². The SMILES string of the molecule is CN1CCN(CCN)CC1.CN1CCN(CCNC(=O)c2ccc(-c3nc4ccc(-c5ccc6nc(-c7ccc(C(=O)NCCN8CCN(C)CC8)cc7)[nH]c6c5)cc4[nH]3)cc2)CC1.O=C(O)c1ccc(C2=Nc3cc(-c4ccc5nc(-c6ccc(C(=O)O)cc6)[nH]c5c4)ccc3C2)cc1. The third-order valence-electron chi connectivity index (χ3n) is 19.2. The van der Waals surface area contributed by atoms with Gasteiger partial charge in [-0.05, 0) is 146 Å². The van der Waals surface area contributed by atoms with Crippen LogP contribution in [0.2, 0.25) is 0 Å². The molecule has 3 fully saturated rings. The van der Waals surface area contributed by atoms with Crippen LogP contribution in [0, 0.1) is 0 Å². The zero-order chi connectivity index (χ0) is 69.2. The summed E-state index contributed by atoms with van der Waals surface area (Å²) in [6.07, 6.45) is 0.700. The van der Waals surface area contributed by atoms with Crippen LogP contribution in [0.15, 0.2) is 175 Å². The van der Waals surface area contributed by atoms with Crippen LogP contribution < -0.4 is 16.4 Å². The molecule has 3 saturated heterocycles. The summed E-state index contributed by atoms with van der Waals surface area (Å²) in [6.45, 7) is 18.1. The predicted molar refractivity (Wildman–Crippen MR) is 395 cm³/mol. The summed E-state index contributed by atoms with van der Waals surface area (Å²) in [5, 5.41) is 24.4. The average molecular weight is 1340 g/mol. The molecule has 15 rings (SSSR count). The number of amides is 2. The number of H-pyrrole nitrogens is 3. The second kappa shape index (κ2) is 31.1. The number of aromatic carboxylic acids is 2. The molecule has 4 aliphatic heterocycles. The van der Waals surface area contributed by atoms with Gasteiger partial charge in [0.15, 0.2) is 0 Å². The fourth-order valence-corrected chi connectivity index (χ4v) is 12.9. The fraction of sp³-hybridized carbons (Fsp3) is 0.282. The highest BCUT2D eigenvalue weighted by Gasteiger charge is 2.21. The lowest BCUT2D eigenvalue weighted by Crippen LogP contribution is -2.46. The van der Waals surface area contributed by atoms with Crippen molar-refractivity contribution in [2.24, 2.45) is 10.7 Å². The number of hydrogen-bond acceptors (Lipinski definition) is 15. The molecule has 0 spiro atoms. The van der Waals surface area contributed by atoms with Crippen molar-refractivity contribution < 1.29 is 29.4 Å². The number of piperazine rings is 3. The lowest BCUT2D eigenvalue weighted by molar-refractivity contribution is 0.0686. The Bertz CT molecular complexity index is 4570. The van der Waals surface area contributed by atoms with Gasteiger partial charge in [0.1, 0.15) is 17.5 Å². The summed E-state index contributed by atoms with van der Waals surface area (Å²) >= 11 is 0. The predicted octanol–water partition coefficient (Wildman–Crippen LogP) is 9.56. The quantitative estimate of drug-likeness (QED) is 0.0397. The number of nitrogens with one attached hydrogen (secondary N) is 5. The standard InChI is InChI=1S/C42H48N10O2.C29H19N3O4.C7H17N3/c1-49-19-23-51(24-20-49)17-15-43-41(53)31-7-3-29(4-8-31)39-45-35-13-11-33(27-37(35)47-39)34-12-14-36-38(28-34)48-40(46-36)30-5-9-32(10-6-30)42(54)44-16-18-52-25-21-50(2)22-26-52;33-28(34)18-5-1-16(2-6-18)24-15-22-10-9-20(13-25(22)30-24)21-11-12-23-26(14-21)32-27(31-23)17-3-7-19(8-4-17)29(35)36;1-9-4-6-10(3-2-8)7-5-9/h3-14,27-28H,15-26H2,1-2H3,(H,43,53)(H,44,54)(H,45,47)(H,46,48);1-14H,15H2,(H,31,32)(H,33,34)(H,35,36);2-8H2,1H3. The van der Waals surface area contributed by atoms with Gasteiger partial charge in [0, 0.05) is 152 Å². The van der Waals surface area contributed by atoms with Crippen molar-refractivity contribution in [1.82, 2.24) is 69.9 Å². The molecule has 9 N–H and O–H groups in total. The molecule has 7 heterocycles. The van der Waals surface area contributed by atoms with Crippen molar-refractivity contribution in [2.45, 2.75) is 6.42 Å². The van der Waals surface area contributed by atoms with E-state index in [0.29, 0.717) is 36.5 Å². The van der Waals surface area contributed by atoms with Crippen molar-refractivity contribution in [3.05, 3.63) is 203 Å². The molecule has 0 radical (unpaired) electrons. The Morgan fingerprint density at radius 1 is 0.400 bits per heavy atom. The van der Waals surface area contributed by atoms with Crippen LogP contribution in [-0.2, 0) is 6.42 Å². The Kier molecular flexibility index (Phi) is 21.1. The number of carbonyl (C=O) groups excluding carboxylic acids is 2. The van der Waals surface area contributed by atoms with Crippen LogP contribution >= 0.6 is 0 Å². The van der Waals surface area contributed by atoms with Gasteiger partial charge < -0.3 is 56.2 Å². The molecular weight excluding hydrogens is 1260 g/mol. The number of aromatic nitrogens is 6. The molecule has 2 amide bonds. The number of nitrogens with zero attached hydrogens (tertiary/aromatic N) is 10. The largest absolute Gasteiger partial charge is 0.478 e. The smallest absolute Gasteiger partial charge is 0.335 e. The minimum absolute atomic E-state index is 0.0591. The number of carboxylic acids is 2. The van der Waals surface area contributed by atoms with E-state index < -0.39 is 11.9 Å². The molecule has 0 aliphatic carbocycles. The molecule has 22 heteroatoms. The first-order valence-corrected chi connectivity index (χ1v) is 34.2. The summed E-state index contributed by atoms with van der Waals surface area (Å²) in [5.41, 5.74) is 23.2. The monoisotopic (exact) mass is 1340 g/mol. The van der Waals surface area contributed by atoms with Gasteiger partial charge in [-0.25, -0.2) is 24.5 Å². The average Bonchev–Trinajstić information content (AvgIpc) is 1.63. The molecule has 4 aliphatic rings. The summed E-state index contributed by atoms with van der Waals surface area (Å²) < 4.78 is 0. The van der Waals surface area contributed by atoms with E-state index in [1.165, 1.54) is 26.2 Å². The molecule has 100 heavy (non-hydrogen) atoms. The minimum Gasteiger partial charge on any atom is -0.478 e. The number of rotatable bonds is 18. The number of nitrogens with two attached hydrogens (primary N) is 1. The van der Waals surface area contributed by atoms with Crippen LogP contribution in [-0.4, -0.2) is 238 Å². The molecule has 0 unspecified atom stereocenters. The summed E-state index contributed by atoms with van der Waals surface area (Å²) in [5.74, 6) is 0.167. The third kappa shape index (κ3) is 16.6. The molecule has 22 nitrogen and oxygen atoms in total. The van der Waals surface area contributed by atoms with Crippen LogP contribution in [0.4, 0.5) is 5.69 Å². The van der Waals surface area contributed by atoms with Crippen LogP contribution in [0.1, 0.15) is 52.6 Å². The van der Waals surface area contributed by atoms with Crippen LogP contribution in [0.5, 0.6) is 0 Å². The number of hydrogen-bond donors (Lipinski definition) is 8. The van der Waals surface area contributed by atoms with E-state index in [2.05, 4.69) is 124 Å². The maximum absolute atomic E-state index is 12.8. The number of likely N-dealkylation sites (N-methyl/N-ethyl adjacent to an activating group) is 3. The van der Waals surface area contributed by atoms with Gasteiger partial charge in [-0.2, -0.15) is 0 Å². The van der Waals surface area contributed by atoms with Crippen molar-refractivity contribution in [3.8, 4) is 56.4 Å². The lowest BCUT2D eigenvalue weighted by atomic mass is 9.99. The lowest BCUT2D eigenvalue weighted by Gasteiger charge is -2.32. The zero-order valence-corrected chi connectivity index (χ0v) is 56.7. The number of imidazole rings is 3. The molecule has 0 bridgehead atoms. The van der Waals surface area contributed by atoms with E-state index in [9.17, 15) is 19.2 Å². The van der Waals surface area contributed by atoms with E-state index in [4.69, 9.17) is 30.9 Å². The first-order valence-electron chi connectivity index (χ1n) is 34.2. The number of fused-ring (bicyclic) bond motifs is 4. The Morgan fingerprint density at radius 2 is 0.720 bits per heavy atom. The van der Waals surface area contributed by atoms with E-state index >= 15 is 0 Å².